The second-order valence-electron chi connectivity index (χ2n) is 10.1. The van der Waals surface area contributed by atoms with Gasteiger partial charge in [-0.3, -0.25) is 0 Å². The summed E-state index contributed by atoms with van der Waals surface area (Å²) in [6.45, 7) is 12.5. The van der Waals surface area contributed by atoms with E-state index < -0.39 is 11.7 Å². The van der Waals surface area contributed by atoms with Crippen molar-refractivity contribution in [2.45, 2.75) is 91.4 Å². The highest BCUT2D eigenvalue weighted by molar-refractivity contribution is 5.68. The van der Waals surface area contributed by atoms with E-state index in [1.54, 1.807) is 14.2 Å². The molecule has 0 unspecified atom stereocenters. The average molecular weight is 478 g/mol. The number of allylic oxidation sites excluding steroid dienone is 2. The van der Waals surface area contributed by atoms with Gasteiger partial charge in [0.1, 0.15) is 18.1 Å². The molecule has 0 aliphatic carbocycles. The second-order valence-corrected chi connectivity index (χ2v) is 10.1. The molecule has 0 spiro atoms. The summed E-state index contributed by atoms with van der Waals surface area (Å²) in [4.78, 5) is 12.6. The number of hydrogen-bond donors (Lipinski definition) is 1. The Morgan fingerprint density at radius 1 is 1.12 bits per heavy atom. The summed E-state index contributed by atoms with van der Waals surface area (Å²) >= 11 is 0. The van der Waals surface area contributed by atoms with Crippen LogP contribution in [0.2, 0.25) is 0 Å². The van der Waals surface area contributed by atoms with E-state index in [0.29, 0.717) is 12.3 Å². The lowest BCUT2D eigenvalue weighted by Gasteiger charge is -2.29. The van der Waals surface area contributed by atoms with Crippen LogP contribution in [0.15, 0.2) is 36.4 Å². The van der Waals surface area contributed by atoms with Gasteiger partial charge in [-0.1, -0.05) is 51.5 Å². The van der Waals surface area contributed by atoms with Crippen molar-refractivity contribution in [3.63, 3.8) is 0 Å². The van der Waals surface area contributed by atoms with E-state index in [4.69, 9.17) is 18.9 Å². The average Bonchev–Trinajstić information content (AvgIpc) is 2.77. The highest BCUT2D eigenvalue weighted by Gasteiger charge is 2.27. The van der Waals surface area contributed by atoms with Crippen LogP contribution in [-0.4, -0.2) is 44.9 Å². The topological polar surface area (TPSA) is 66.0 Å². The minimum atomic E-state index is -0.577. The first-order valence-corrected chi connectivity index (χ1v) is 12.5. The van der Waals surface area contributed by atoms with Crippen LogP contribution >= 0.6 is 0 Å². The van der Waals surface area contributed by atoms with Crippen LogP contribution in [0.4, 0.5) is 4.79 Å². The molecule has 0 aromatic heterocycles. The van der Waals surface area contributed by atoms with Crippen LogP contribution in [0.25, 0.3) is 0 Å². The van der Waals surface area contributed by atoms with Gasteiger partial charge in [-0.25, -0.2) is 4.79 Å². The van der Waals surface area contributed by atoms with Gasteiger partial charge >= 0.3 is 6.09 Å². The number of nitrogens with one attached hydrogen (secondary N) is 1. The predicted molar refractivity (Wildman–Crippen MR) is 138 cm³/mol. The fraction of sp³-hybridized carbons (Fsp3) is 0.679. The molecule has 1 N–H and O–H groups in total. The van der Waals surface area contributed by atoms with Gasteiger partial charge in [-0.15, -0.1) is 0 Å². The Labute approximate surface area is 207 Å². The van der Waals surface area contributed by atoms with Crippen molar-refractivity contribution in [3.05, 3.63) is 42.0 Å². The zero-order chi connectivity index (χ0) is 25.6. The van der Waals surface area contributed by atoms with E-state index in [1.807, 2.05) is 45.0 Å². The SMILES string of the molecule is CC[C@H](C)C[C@H](C)/C=C/CC[C@H](OCOC)[C@@H](Cc1ccc(OC)cc1)NC(=O)OC(C)(C)C. The highest BCUT2D eigenvalue weighted by atomic mass is 16.7. The number of rotatable bonds is 15. The van der Waals surface area contributed by atoms with Gasteiger partial charge < -0.3 is 24.3 Å². The zero-order valence-electron chi connectivity index (χ0n) is 22.6. The number of carbonyl (C=O) groups is 1. The number of benzene rings is 1. The first-order valence-electron chi connectivity index (χ1n) is 12.5. The van der Waals surface area contributed by atoms with E-state index in [1.165, 1.54) is 12.8 Å². The zero-order valence-corrected chi connectivity index (χ0v) is 22.6. The molecule has 1 aromatic carbocycles. The quantitative estimate of drug-likeness (QED) is 0.230. The summed E-state index contributed by atoms with van der Waals surface area (Å²) in [6.07, 6.45) is 8.45. The molecule has 6 heteroatoms. The monoisotopic (exact) mass is 477 g/mol. The largest absolute Gasteiger partial charge is 0.497 e. The molecule has 0 radical (unpaired) electrons. The summed E-state index contributed by atoms with van der Waals surface area (Å²) in [6, 6.07) is 7.58. The Hall–Kier alpha value is -2.05. The molecule has 0 heterocycles. The third-order valence-electron chi connectivity index (χ3n) is 5.72. The van der Waals surface area contributed by atoms with Gasteiger partial charge in [0.05, 0.1) is 19.3 Å². The Morgan fingerprint density at radius 3 is 2.35 bits per heavy atom. The third-order valence-corrected chi connectivity index (χ3v) is 5.72. The number of methoxy groups -OCH3 is 2. The van der Waals surface area contributed by atoms with Crippen molar-refractivity contribution in [1.29, 1.82) is 0 Å². The lowest BCUT2D eigenvalue weighted by molar-refractivity contribution is -0.0856. The van der Waals surface area contributed by atoms with Crippen molar-refractivity contribution < 1.29 is 23.7 Å². The van der Waals surface area contributed by atoms with Crippen LogP contribution in [0.1, 0.15) is 72.8 Å². The molecule has 0 bridgehead atoms. The van der Waals surface area contributed by atoms with Crippen LogP contribution in [0, 0.1) is 11.8 Å². The minimum absolute atomic E-state index is 0.161. The Bertz CT molecular complexity index is 711. The van der Waals surface area contributed by atoms with Crippen molar-refractivity contribution in [2.75, 3.05) is 21.0 Å². The summed E-state index contributed by atoms with van der Waals surface area (Å²) in [5.41, 5.74) is 0.497. The maximum Gasteiger partial charge on any atom is 0.407 e. The number of alkyl carbamates (subject to hydrolysis) is 1. The van der Waals surface area contributed by atoms with Gasteiger partial charge in [0.25, 0.3) is 0 Å². The Morgan fingerprint density at radius 2 is 1.79 bits per heavy atom. The molecule has 6 nitrogen and oxygen atoms in total. The minimum Gasteiger partial charge on any atom is -0.497 e. The van der Waals surface area contributed by atoms with Crippen molar-refractivity contribution in [1.82, 2.24) is 5.32 Å². The molecule has 0 fully saturated rings. The fourth-order valence-corrected chi connectivity index (χ4v) is 3.77. The molecule has 1 amide bonds. The third kappa shape index (κ3) is 13.0. The Kier molecular flexibility index (Phi) is 13.9. The van der Waals surface area contributed by atoms with Crippen LogP contribution in [0.3, 0.4) is 0 Å². The number of ether oxygens (including phenoxy) is 4. The lowest BCUT2D eigenvalue weighted by Crippen LogP contribution is -2.47. The predicted octanol–water partition coefficient (Wildman–Crippen LogP) is 6.53. The van der Waals surface area contributed by atoms with Crippen molar-refractivity contribution in [2.24, 2.45) is 11.8 Å². The van der Waals surface area contributed by atoms with Crippen LogP contribution in [-0.2, 0) is 20.6 Å². The van der Waals surface area contributed by atoms with Gasteiger partial charge in [0.2, 0.25) is 0 Å². The molecular weight excluding hydrogens is 430 g/mol. The van der Waals surface area contributed by atoms with Crippen molar-refractivity contribution >= 4 is 6.09 Å². The molecule has 0 aliphatic rings. The molecule has 0 aliphatic heterocycles. The van der Waals surface area contributed by atoms with Crippen LogP contribution < -0.4 is 10.1 Å². The standard InChI is InChI=1S/C28H47NO5/c1-9-21(2)18-22(3)12-10-11-13-26(33-20-31-7)25(29-27(30)34-28(4,5)6)19-23-14-16-24(32-8)17-15-23/h10,12,14-17,21-22,25-26H,9,11,13,18-20H2,1-8H3,(H,29,30)/b12-10+/t21-,22+,25+,26-/m0/s1. The first kappa shape index (κ1) is 30.0. The van der Waals surface area contributed by atoms with E-state index in [2.05, 4.69) is 38.2 Å². The number of amides is 1. The van der Waals surface area contributed by atoms with E-state index in [-0.39, 0.29) is 18.9 Å². The van der Waals surface area contributed by atoms with Gasteiger partial charge in [0, 0.05) is 7.11 Å². The number of carbonyl (C=O) groups excluding carboxylic acids is 1. The highest BCUT2D eigenvalue weighted by Crippen LogP contribution is 2.19. The summed E-state index contributed by atoms with van der Waals surface area (Å²) in [7, 11) is 3.25. The molecule has 0 saturated heterocycles. The van der Waals surface area contributed by atoms with E-state index >= 15 is 0 Å². The summed E-state index contributed by atoms with van der Waals surface area (Å²) in [5.74, 6) is 2.07. The molecule has 194 valence electrons. The summed E-state index contributed by atoms with van der Waals surface area (Å²) < 4.78 is 22.0. The van der Waals surface area contributed by atoms with E-state index in [9.17, 15) is 4.79 Å². The lowest BCUT2D eigenvalue weighted by atomic mass is 9.94. The number of hydrogen-bond acceptors (Lipinski definition) is 5. The molecule has 34 heavy (non-hydrogen) atoms. The second kappa shape index (κ2) is 15.8. The molecule has 0 saturated carbocycles. The molecule has 1 rings (SSSR count). The molecule has 4 atom stereocenters. The smallest absolute Gasteiger partial charge is 0.407 e. The fourth-order valence-electron chi connectivity index (χ4n) is 3.77. The van der Waals surface area contributed by atoms with Gasteiger partial charge in [0.15, 0.2) is 0 Å². The molecular formula is C28H47NO5. The normalized spacial score (nSPS) is 15.5. The van der Waals surface area contributed by atoms with Gasteiger partial charge in [-0.05, 0) is 76.0 Å². The van der Waals surface area contributed by atoms with Crippen molar-refractivity contribution in [3.8, 4) is 5.75 Å². The van der Waals surface area contributed by atoms with E-state index in [0.717, 1.165) is 30.1 Å². The Balaban J connectivity index is 2.94. The summed E-state index contributed by atoms with van der Waals surface area (Å²) in [5, 5.41) is 3.05. The van der Waals surface area contributed by atoms with Crippen LogP contribution in [0.5, 0.6) is 5.75 Å². The molecule has 1 aromatic rings. The first-order chi connectivity index (χ1) is 16.1. The maximum absolute atomic E-state index is 12.6. The maximum atomic E-state index is 12.6. The van der Waals surface area contributed by atoms with Gasteiger partial charge in [-0.2, -0.15) is 0 Å².